The minimum absolute atomic E-state index is 0.114. The van der Waals surface area contributed by atoms with Crippen LogP contribution in [0.15, 0.2) is 60.7 Å². The van der Waals surface area contributed by atoms with Crippen LogP contribution in [-0.2, 0) is 16.1 Å². The lowest BCUT2D eigenvalue weighted by atomic mass is 9.98. The van der Waals surface area contributed by atoms with Crippen LogP contribution in [0.1, 0.15) is 77.5 Å². The van der Waals surface area contributed by atoms with Crippen molar-refractivity contribution in [3.8, 4) is 0 Å². The summed E-state index contributed by atoms with van der Waals surface area (Å²) in [4.78, 5) is 15.2. The zero-order chi connectivity index (χ0) is 21.3. The fraction of sp³-hybridized carbons (Fsp3) is 0.500. The van der Waals surface area contributed by atoms with Crippen molar-refractivity contribution in [2.75, 3.05) is 0 Å². The molecule has 0 aromatic heterocycles. The molecule has 2 rings (SSSR count). The van der Waals surface area contributed by atoms with Gasteiger partial charge in [0, 0.05) is 18.6 Å². The van der Waals surface area contributed by atoms with Crippen LogP contribution in [0, 0.1) is 0 Å². The van der Waals surface area contributed by atoms with Gasteiger partial charge in [-0.2, -0.15) is 0 Å². The van der Waals surface area contributed by atoms with Gasteiger partial charge in [-0.05, 0) is 45.2 Å². The molecule has 0 amide bonds. The number of hydrogen-bond acceptors (Lipinski definition) is 3. The SMILES string of the molecule is CCCC[C@@H](CC(=O)OC(C)(C)C)N(Cc1ccccc1)[C@@H](C)c1ccccc1. The summed E-state index contributed by atoms with van der Waals surface area (Å²) >= 11 is 0. The van der Waals surface area contributed by atoms with E-state index in [0.29, 0.717) is 6.42 Å². The van der Waals surface area contributed by atoms with Crippen molar-refractivity contribution in [3.63, 3.8) is 0 Å². The molecule has 2 aromatic carbocycles. The zero-order valence-electron chi connectivity index (χ0n) is 18.7. The van der Waals surface area contributed by atoms with Gasteiger partial charge < -0.3 is 4.74 Å². The summed E-state index contributed by atoms with van der Waals surface area (Å²) in [6.07, 6.45) is 3.62. The Labute approximate surface area is 177 Å². The van der Waals surface area contributed by atoms with Gasteiger partial charge in [-0.3, -0.25) is 9.69 Å². The maximum Gasteiger partial charge on any atom is 0.307 e. The predicted octanol–water partition coefficient (Wildman–Crippen LogP) is 6.54. The Morgan fingerprint density at radius 3 is 2.14 bits per heavy atom. The Balaban J connectivity index is 2.30. The second-order valence-corrected chi connectivity index (χ2v) is 8.83. The van der Waals surface area contributed by atoms with Crippen LogP contribution in [0.5, 0.6) is 0 Å². The average molecular weight is 396 g/mol. The Bertz CT molecular complexity index is 721. The van der Waals surface area contributed by atoms with Crippen LogP contribution in [0.3, 0.4) is 0 Å². The number of ether oxygens (including phenoxy) is 1. The van der Waals surface area contributed by atoms with Crippen LogP contribution in [0.4, 0.5) is 0 Å². The Morgan fingerprint density at radius 1 is 1.00 bits per heavy atom. The van der Waals surface area contributed by atoms with Gasteiger partial charge >= 0.3 is 5.97 Å². The molecule has 0 N–H and O–H groups in total. The fourth-order valence-corrected chi connectivity index (χ4v) is 3.70. The molecular weight excluding hydrogens is 358 g/mol. The first-order valence-electron chi connectivity index (χ1n) is 10.9. The summed E-state index contributed by atoms with van der Waals surface area (Å²) in [6.45, 7) is 11.0. The molecule has 3 nitrogen and oxygen atoms in total. The molecule has 0 fully saturated rings. The van der Waals surface area contributed by atoms with Gasteiger partial charge in [0.05, 0.1) is 6.42 Å². The van der Waals surface area contributed by atoms with E-state index in [1.807, 2.05) is 32.9 Å². The molecular formula is C26H37NO2. The van der Waals surface area contributed by atoms with Crippen molar-refractivity contribution in [3.05, 3.63) is 71.8 Å². The Hall–Kier alpha value is -2.13. The van der Waals surface area contributed by atoms with Crippen molar-refractivity contribution in [1.29, 1.82) is 0 Å². The van der Waals surface area contributed by atoms with Crippen molar-refractivity contribution < 1.29 is 9.53 Å². The van der Waals surface area contributed by atoms with Gasteiger partial charge in [0.15, 0.2) is 0 Å². The number of nitrogens with zero attached hydrogens (tertiary/aromatic N) is 1. The maximum absolute atomic E-state index is 12.7. The normalized spacial score (nSPS) is 13.9. The topological polar surface area (TPSA) is 29.5 Å². The highest BCUT2D eigenvalue weighted by Crippen LogP contribution is 2.29. The van der Waals surface area contributed by atoms with E-state index in [1.165, 1.54) is 11.1 Å². The van der Waals surface area contributed by atoms with Crippen molar-refractivity contribution in [2.24, 2.45) is 0 Å². The van der Waals surface area contributed by atoms with Crippen LogP contribution in [0.2, 0.25) is 0 Å². The molecule has 0 saturated carbocycles. The number of unbranched alkanes of at least 4 members (excludes halogenated alkanes) is 1. The molecule has 2 aromatic rings. The summed E-state index contributed by atoms with van der Waals surface area (Å²) in [5.41, 5.74) is 2.08. The van der Waals surface area contributed by atoms with Gasteiger partial charge in [-0.15, -0.1) is 0 Å². The molecule has 0 aliphatic rings. The molecule has 0 aliphatic heterocycles. The highest BCUT2D eigenvalue weighted by atomic mass is 16.6. The second kappa shape index (κ2) is 11.2. The van der Waals surface area contributed by atoms with E-state index in [4.69, 9.17) is 4.74 Å². The van der Waals surface area contributed by atoms with Crippen LogP contribution >= 0.6 is 0 Å². The molecule has 0 spiro atoms. The third-order valence-electron chi connectivity index (χ3n) is 5.17. The van der Waals surface area contributed by atoms with Gasteiger partial charge in [0.2, 0.25) is 0 Å². The Morgan fingerprint density at radius 2 is 1.59 bits per heavy atom. The van der Waals surface area contributed by atoms with Crippen molar-refractivity contribution >= 4 is 5.97 Å². The molecule has 2 atom stereocenters. The van der Waals surface area contributed by atoms with Crippen LogP contribution < -0.4 is 0 Å². The number of carbonyl (C=O) groups excluding carboxylic acids is 1. The highest BCUT2D eigenvalue weighted by Gasteiger charge is 2.28. The monoisotopic (exact) mass is 395 g/mol. The van der Waals surface area contributed by atoms with E-state index in [2.05, 4.69) is 67.3 Å². The molecule has 0 bridgehead atoms. The average Bonchev–Trinajstić information content (AvgIpc) is 2.69. The van der Waals surface area contributed by atoms with E-state index in [1.54, 1.807) is 0 Å². The number of rotatable bonds is 10. The third kappa shape index (κ3) is 8.02. The molecule has 0 unspecified atom stereocenters. The second-order valence-electron chi connectivity index (χ2n) is 8.83. The first-order valence-corrected chi connectivity index (χ1v) is 10.9. The van der Waals surface area contributed by atoms with Crippen molar-refractivity contribution in [1.82, 2.24) is 4.90 Å². The van der Waals surface area contributed by atoms with Crippen LogP contribution in [0.25, 0.3) is 0 Å². The van der Waals surface area contributed by atoms with Gasteiger partial charge in [0.25, 0.3) is 0 Å². The minimum atomic E-state index is -0.457. The van der Waals surface area contributed by atoms with E-state index in [0.717, 1.165) is 25.8 Å². The smallest absolute Gasteiger partial charge is 0.307 e. The van der Waals surface area contributed by atoms with Gasteiger partial charge in [-0.1, -0.05) is 80.4 Å². The van der Waals surface area contributed by atoms with E-state index in [-0.39, 0.29) is 18.1 Å². The zero-order valence-corrected chi connectivity index (χ0v) is 18.7. The molecule has 29 heavy (non-hydrogen) atoms. The lowest BCUT2D eigenvalue weighted by molar-refractivity contribution is -0.156. The van der Waals surface area contributed by atoms with E-state index in [9.17, 15) is 4.79 Å². The highest BCUT2D eigenvalue weighted by molar-refractivity contribution is 5.70. The predicted molar refractivity (Wildman–Crippen MR) is 121 cm³/mol. The largest absolute Gasteiger partial charge is 0.460 e. The molecule has 0 aliphatic carbocycles. The molecule has 0 saturated heterocycles. The van der Waals surface area contributed by atoms with E-state index >= 15 is 0 Å². The standard InChI is InChI=1S/C26H37NO2/c1-6-7-18-24(19-25(28)29-26(3,4)5)27(20-22-14-10-8-11-15-22)21(2)23-16-12-9-13-17-23/h8-17,21,24H,6-7,18-20H2,1-5H3/t21-,24-/m0/s1. The van der Waals surface area contributed by atoms with Gasteiger partial charge in [-0.25, -0.2) is 0 Å². The summed E-state index contributed by atoms with van der Waals surface area (Å²) in [6, 6.07) is 21.4. The summed E-state index contributed by atoms with van der Waals surface area (Å²) in [5, 5.41) is 0. The number of carbonyl (C=O) groups is 1. The Kier molecular flexibility index (Phi) is 8.91. The molecule has 3 heteroatoms. The molecule has 0 radical (unpaired) electrons. The number of benzene rings is 2. The number of hydrogen-bond donors (Lipinski definition) is 0. The molecule has 0 heterocycles. The summed E-state index contributed by atoms with van der Waals surface area (Å²) in [5.74, 6) is -0.114. The van der Waals surface area contributed by atoms with Crippen molar-refractivity contribution in [2.45, 2.75) is 84.5 Å². The summed E-state index contributed by atoms with van der Waals surface area (Å²) < 4.78 is 5.67. The van der Waals surface area contributed by atoms with E-state index < -0.39 is 5.60 Å². The number of esters is 1. The molecule has 158 valence electrons. The third-order valence-corrected chi connectivity index (χ3v) is 5.17. The quantitative estimate of drug-likeness (QED) is 0.428. The first-order chi connectivity index (χ1) is 13.8. The maximum atomic E-state index is 12.7. The first kappa shape index (κ1) is 23.2. The lowest BCUT2D eigenvalue weighted by Crippen LogP contribution is -2.39. The fourth-order valence-electron chi connectivity index (χ4n) is 3.70. The van der Waals surface area contributed by atoms with Gasteiger partial charge in [0.1, 0.15) is 5.60 Å². The lowest BCUT2D eigenvalue weighted by Gasteiger charge is -2.37. The van der Waals surface area contributed by atoms with Crippen LogP contribution in [-0.4, -0.2) is 22.5 Å². The summed E-state index contributed by atoms with van der Waals surface area (Å²) in [7, 11) is 0. The minimum Gasteiger partial charge on any atom is -0.460 e.